The molecule has 1 aliphatic carbocycles. The third kappa shape index (κ3) is 4.32. The fraction of sp³-hybridized carbons (Fsp3) is 0.818. The number of nitrogens with one attached hydrogen (secondary N) is 1. The van der Waals surface area contributed by atoms with Crippen molar-refractivity contribution in [2.75, 3.05) is 7.11 Å². The molecular weight excluding hydrogens is 192 g/mol. The molecule has 4 heteroatoms. The molecule has 86 valence electrons. The first-order valence-electron chi connectivity index (χ1n) is 5.65. The smallest absolute Gasteiger partial charge is 0.427 e. The van der Waals surface area contributed by atoms with Crippen LogP contribution >= 0.6 is 0 Å². The molecule has 0 aliphatic heterocycles. The first-order valence-corrected chi connectivity index (χ1v) is 5.65. The Morgan fingerprint density at radius 2 is 2.20 bits per heavy atom. The SMILES string of the molecule is CCCC1CCC(=NNC(=O)OC)CC1. The molecule has 1 N–H and O–H groups in total. The highest BCUT2D eigenvalue weighted by Gasteiger charge is 2.16. The number of carbonyl (C=O) groups is 1. The van der Waals surface area contributed by atoms with E-state index in [2.05, 4.69) is 22.2 Å². The summed E-state index contributed by atoms with van der Waals surface area (Å²) >= 11 is 0. The third-order valence-electron chi connectivity index (χ3n) is 2.87. The average Bonchev–Trinajstić information content (AvgIpc) is 2.28. The van der Waals surface area contributed by atoms with Crippen LogP contribution in [0, 0.1) is 5.92 Å². The monoisotopic (exact) mass is 212 g/mol. The topological polar surface area (TPSA) is 50.7 Å². The third-order valence-corrected chi connectivity index (χ3v) is 2.87. The Morgan fingerprint density at radius 3 is 2.73 bits per heavy atom. The summed E-state index contributed by atoms with van der Waals surface area (Å²) in [4.78, 5) is 10.8. The molecular formula is C11H20N2O2. The van der Waals surface area contributed by atoms with E-state index in [9.17, 15) is 4.79 Å². The average molecular weight is 212 g/mol. The van der Waals surface area contributed by atoms with E-state index in [4.69, 9.17) is 0 Å². The Balaban J connectivity index is 2.27. The molecule has 0 aromatic heterocycles. The second-order valence-corrected chi connectivity index (χ2v) is 4.01. The lowest BCUT2D eigenvalue weighted by molar-refractivity contribution is 0.171. The lowest BCUT2D eigenvalue weighted by atomic mass is 9.85. The van der Waals surface area contributed by atoms with Gasteiger partial charge in [-0.1, -0.05) is 19.8 Å². The van der Waals surface area contributed by atoms with Crippen LogP contribution in [0.5, 0.6) is 0 Å². The summed E-state index contributed by atoms with van der Waals surface area (Å²) in [6, 6.07) is 0. The van der Waals surface area contributed by atoms with Gasteiger partial charge in [-0.05, 0) is 31.6 Å². The zero-order chi connectivity index (χ0) is 11.1. The molecule has 0 aromatic rings. The number of methoxy groups -OCH3 is 1. The Kier molecular flexibility index (Phi) is 5.15. The van der Waals surface area contributed by atoms with Gasteiger partial charge in [0.2, 0.25) is 0 Å². The number of hydrazone groups is 1. The van der Waals surface area contributed by atoms with Gasteiger partial charge < -0.3 is 4.74 Å². The maximum absolute atomic E-state index is 10.8. The first kappa shape index (κ1) is 12.0. The number of hydrogen-bond donors (Lipinski definition) is 1. The molecule has 1 saturated carbocycles. The Labute approximate surface area is 91.1 Å². The van der Waals surface area contributed by atoms with E-state index in [-0.39, 0.29) is 0 Å². The van der Waals surface area contributed by atoms with Crippen molar-refractivity contribution >= 4 is 11.8 Å². The molecule has 1 aliphatic rings. The van der Waals surface area contributed by atoms with Gasteiger partial charge in [0.1, 0.15) is 0 Å². The molecule has 0 aromatic carbocycles. The minimum absolute atomic E-state index is 0.488. The molecule has 0 heterocycles. The molecule has 0 atom stereocenters. The number of carbonyl (C=O) groups excluding carboxylic acids is 1. The normalized spacial score (nSPS) is 20.9. The first-order chi connectivity index (χ1) is 7.26. The van der Waals surface area contributed by atoms with Crippen molar-refractivity contribution in [2.45, 2.75) is 45.4 Å². The predicted octanol–water partition coefficient (Wildman–Crippen LogP) is 2.69. The van der Waals surface area contributed by atoms with E-state index >= 15 is 0 Å². The second-order valence-electron chi connectivity index (χ2n) is 4.01. The molecule has 0 bridgehead atoms. The largest absolute Gasteiger partial charge is 0.452 e. The van der Waals surface area contributed by atoms with Crippen molar-refractivity contribution in [3.63, 3.8) is 0 Å². The molecule has 15 heavy (non-hydrogen) atoms. The van der Waals surface area contributed by atoms with Gasteiger partial charge in [0.15, 0.2) is 0 Å². The van der Waals surface area contributed by atoms with E-state index in [0.29, 0.717) is 0 Å². The number of amides is 1. The molecule has 1 rings (SSSR count). The van der Waals surface area contributed by atoms with Gasteiger partial charge in [-0.3, -0.25) is 0 Å². The highest BCUT2D eigenvalue weighted by Crippen LogP contribution is 2.25. The van der Waals surface area contributed by atoms with E-state index in [1.807, 2.05) is 0 Å². The lowest BCUT2D eigenvalue weighted by Gasteiger charge is -2.22. The van der Waals surface area contributed by atoms with Gasteiger partial charge in [-0.25, -0.2) is 10.2 Å². The van der Waals surface area contributed by atoms with Crippen molar-refractivity contribution in [2.24, 2.45) is 11.0 Å². The zero-order valence-corrected chi connectivity index (χ0v) is 9.58. The van der Waals surface area contributed by atoms with Gasteiger partial charge in [0, 0.05) is 5.71 Å². The maximum Gasteiger partial charge on any atom is 0.427 e. The summed E-state index contributed by atoms with van der Waals surface area (Å²) in [5.74, 6) is 0.854. The molecule has 0 unspecified atom stereocenters. The van der Waals surface area contributed by atoms with Crippen molar-refractivity contribution < 1.29 is 9.53 Å². The molecule has 1 fully saturated rings. The highest BCUT2D eigenvalue weighted by atomic mass is 16.5. The number of hydrogen-bond acceptors (Lipinski definition) is 3. The molecule has 0 spiro atoms. The van der Waals surface area contributed by atoms with Crippen molar-refractivity contribution in [1.29, 1.82) is 0 Å². The van der Waals surface area contributed by atoms with Crippen LogP contribution in [-0.4, -0.2) is 18.9 Å². The minimum atomic E-state index is -0.488. The van der Waals surface area contributed by atoms with Crippen LogP contribution < -0.4 is 5.43 Å². The summed E-state index contributed by atoms with van der Waals surface area (Å²) in [5.41, 5.74) is 3.47. The van der Waals surface area contributed by atoms with Gasteiger partial charge >= 0.3 is 6.09 Å². The van der Waals surface area contributed by atoms with Gasteiger partial charge in [0.05, 0.1) is 7.11 Å². The van der Waals surface area contributed by atoms with Crippen LogP contribution in [0.2, 0.25) is 0 Å². The van der Waals surface area contributed by atoms with Crippen LogP contribution in [0.25, 0.3) is 0 Å². The number of rotatable bonds is 3. The van der Waals surface area contributed by atoms with Gasteiger partial charge in [-0.2, -0.15) is 5.10 Å². The summed E-state index contributed by atoms with van der Waals surface area (Å²) < 4.78 is 4.44. The molecule has 1 amide bonds. The predicted molar refractivity (Wildman–Crippen MR) is 59.8 cm³/mol. The van der Waals surface area contributed by atoms with Crippen molar-refractivity contribution in [3.8, 4) is 0 Å². The van der Waals surface area contributed by atoms with E-state index < -0.39 is 6.09 Å². The fourth-order valence-corrected chi connectivity index (χ4v) is 1.99. The van der Waals surface area contributed by atoms with E-state index in [0.717, 1.165) is 24.5 Å². The molecule has 0 saturated heterocycles. The molecule has 4 nitrogen and oxygen atoms in total. The van der Waals surface area contributed by atoms with Gasteiger partial charge in [0.25, 0.3) is 0 Å². The molecule has 0 radical (unpaired) electrons. The summed E-state index contributed by atoms with van der Waals surface area (Å²) in [5, 5.41) is 4.04. The van der Waals surface area contributed by atoms with Crippen LogP contribution in [0.15, 0.2) is 5.10 Å². The Hall–Kier alpha value is -1.06. The van der Waals surface area contributed by atoms with Crippen LogP contribution in [0.4, 0.5) is 4.79 Å². The summed E-state index contributed by atoms with van der Waals surface area (Å²) in [7, 11) is 1.34. The zero-order valence-electron chi connectivity index (χ0n) is 9.58. The Morgan fingerprint density at radius 1 is 1.53 bits per heavy atom. The second kappa shape index (κ2) is 6.43. The van der Waals surface area contributed by atoms with Crippen LogP contribution in [0.3, 0.4) is 0 Å². The Bertz CT molecular complexity index is 229. The quantitative estimate of drug-likeness (QED) is 0.731. The van der Waals surface area contributed by atoms with Gasteiger partial charge in [-0.15, -0.1) is 0 Å². The summed E-state index contributed by atoms with van der Waals surface area (Å²) in [6.45, 7) is 2.22. The van der Waals surface area contributed by atoms with Crippen molar-refractivity contribution in [3.05, 3.63) is 0 Å². The fourth-order valence-electron chi connectivity index (χ4n) is 1.99. The van der Waals surface area contributed by atoms with Crippen molar-refractivity contribution in [1.82, 2.24) is 5.43 Å². The minimum Gasteiger partial charge on any atom is -0.452 e. The summed E-state index contributed by atoms with van der Waals surface area (Å²) in [6.07, 6.45) is 6.52. The maximum atomic E-state index is 10.8. The lowest BCUT2D eigenvalue weighted by Crippen LogP contribution is -2.22. The van der Waals surface area contributed by atoms with E-state index in [1.54, 1.807) is 0 Å². The van der Waals surface area contributed by atoms with Crippen LogP contribution in [0.1, 0.15) is 45.4 Å². The van der Waals surface area contributed by atoms with E-state index in [1.165, 1.54) is 32.8 Å². The highest BCUT2D eigenvalue weighted by molar-refractivity contribution is 5.86. The number of nitrogens with zero attached hydrogens (tertiary/aromatic N) is 1. The van der Waals surface area contributed by atoms with Crippen LogP contribution in [-0.2, 0) is 4.74 Å². The number of ether oxygens (including phenoxy) is 1. The standard InChI is InChI=1S/C11H20N2O2/c1-3-4-9-5-7-10(8-6-9)12-13-11(14)15-2/h9H,3-8H2,1-2H3,(H,13,14).